The predicted molar refractivity (Wildman–Crippen MR) is 69.4 cm³/mol. The molecule has 0 aliphatic carbocycles. The standard InChI is InChI=1S/C11H14N4O2S/c1-2-14-4-5-15(11(14)17)7-8-3-6-18-9(8)10(16)13-12/h3-6H,2,7,12H2,1H3,(H,13,16). The predicted octanol–water partition coefficient (Wildman–Crippen LogP) is 0.383. The molecule has 3 N–H and O–H groups in total. The first-order chi connectivity index (χ1) is 8.67. The Hall–Kier alpha value is -1.86. The number of imidazole rings is 1. The number of carbonyl (C=O) groups is 1. The number of nitrogens with one attached hydrogen (secondary N) is 1. The van der Waals surface area contributed by atoms with E-state index in [4.69, 9.17) is 5.84 Å². The molecule has 0 spiro atoms. The van der Waals surface area contributed by atoms with Gasteiger partial charge in [-0.15, -0.1) is 11.3 Å². The largest absolute Gasteiger partial charge is 0.328 e. The van der Waals surface area contributed by atoms with Crippen LogP contribution in [0.3, 0.4) is 0 Å². The summed E-state index contributed by atoms with van der Waals surface area (Å²) in [5.74, 6) is 4.78. The second-order valence-corrected chi connectivity index (χ2v) is 4.66. The van der Waals surface area contributed by atoms with E-state index in [1.54, 1.807) is 21.5 Å². The highest BCUT2D eigenvalue weighted by Crippen LogP contribution is 2.17. The Kier molecular flexibility index (Phi) is 3.63. The molecular formula is C11H14N4O2S. The molecule has 6 nitrogen and oxygen atoms in total. The Bertz CT molecular complexity index is 611. The number of nitrogen functional groups attached to an aromatic ring is 1. The molecule has 0 aromatic carbocycles. The molecule has 7 heteroatoms. The molecule has 0 aliphatic heterocycles. The minimum atomic E-state index is -0.331. The molecule has 2 aromatic heterocycles. The number of aryl methyl sites for hydroxylation is 1. The van der Waals surface area contributed by atoms with E-state index in [1.165, 1.54) is 11.3 Å². The first kappa shape index (κ1) is 12.6. The van der Waals surface area contributed by atoms with Crippen LogP contribution in [0.25, 0.3) is 0 Å². The lowest BCUT2D eigenvalue weighted by Gasteiger charge is -2.03. The van der Waals surface area contributed by atoms with Crippen LogP contribution in [0.2, 0.25) is 0 Å². The summed E-state index contributed by atoms with van der Waals surface area (Å²) in [6, 6.07) is 1.82. The summed E-state index contributed by atoms with van der Waals surface area (Å²) in [5.41, 5.74) is 2.81. The average molecular weight is 266 g/mol. The molecule has 2 aromatic rings. The van der Waals surface area contributed by atoms with Gasteiger partial charge >= 0.3 is 5.69 Å². The van der Waals surface area contributed by atoms with E-state index in [9.17, 15) is 9.59 Å². The molecular weight excluding hydrogens is 252 g/mol. The van der Waals surface area contributed by atoms with Gasteiger partial charge in [-0.1, -0.05) is 0 Å². The maximum Gasteiger partial charge on any atom is 0.328 e. The number of rotatable bonds is 4. The number of hydrazine groups is 1. The molecule has 0 bridgehead atoms. The Morgan fingerprint density at radius 3 is 2.78 bits per heavy atom. The van der Waals surface area contributed by atoms with Crippen LogP contribution in [0.1, 0.15) is 22.2 Å². The summed E-state index contributed by atoms with van der Waals surface area (Å²) in [5, 5.41) is 1.81. The van der Waals surface area contributed by atoms with Crippen molar-refractivity contribution in [1.82, 2.24) is 14.6 Å². The fourth-order valence-electron chi connectivity index (χ4n) is 1.72. The summed E-state index contributed by atoms with van der Waals surface area (Å²) in [7, 11) is 0. The fourth-order valence-corrected chi connectivity index (χ4v) is 2.54. The number of aromatic nitrogens is 2. The molecule has 0 saturated carbocycles. The summed E-state index contributed by atoms with van der Waals surface area (Å²) in [6.07, 6.45) is 3.45. The quantitative estimate of drug-likeness (QED) is 0.477. The molecule has 2 heterocycles. The molecule has 2 rings (SSSR count). The first-order valence-corrected chi connectivity index (χ1v) is 6.38. The number of amides is 1. The zero-order chi connectivity index (χ0) is 13.1. The van der Waals surface area contributed by atoms with Crippen LogP contribution >= 0.6 is 11.3 Å². The van der Waals surface area contributed by atoms with E-state index in [1.807, 2.05) is 18.4 Å². The van der Waals surface area contributed by atoms with Gasteiger partial charge in [0.2, 0.25) is 0 Å². The van der Waals surface area contributed by atoms with Gasteiger partial charge in [0.1, 0.15) is 0 Å². The van der Waals surface area contributed by atoms with Gasteiger partial charge in [-0.2, -0.15) is 0 Å². The van der Waals surface area contributed by atoms with E-state index in [2.05, 4.69) is 5.43 Å². The zero-order valence-electron chi connectivity index (χ0n) is 9.92. The highest BCUT2D eigenvalue weighted by Gasteiger charge is 2.13. The highest BCUT2D eigenvalue weighted by molar-refractivity contribution is 7.12. The van der Waals surface area contributed by atoms with E-state index < -0.39 is 0 Å². The van der Waals surface area contributed by atoms with Crippen LogP contribution < -0.4 is 17.0 Å². The third-order valence-corrected chi connectivity index (χ3v) is 3.64. The van der Waals surface area contributed by atoms with Crippen LogP contribution in [0.15, 0.2) is 28.6 Å². The van der Waals surface area contributed by atoms with Crippen LogP contribution in [-0.4, -0.2) is 15.0 Å². The normalized spacial score (nSPS) is 10.6. The Labute approximate surface area is 108 Å². The van der Waals surface area contributed by atoms with E-state index in [0.717, 1.165) is 5.56 Å². The number of thiophene rings is 1. The van der Waals surface area contributed by atoms with Gasteiger partial charge < -0.3 is 0 Å². The molecule has 0 aliphatic rings. The molecule has 1 amide bonds. The van der Waals surface area contributed by atoms with Crippen LogP contribution in [0.5, 0.6) is 0 Å². The number of hydrogen-bond donors (Lipinski definition) is 2. The summed E-state index contributed by atoms with van der Waals surface area (Å²) in [4.78, 5) is 23.9. The van der Waals surface area contributed by atoms with E-state index in [-0.39, 0.29) is 11.6 Å². The van der Waals surface area contributed by atoms with Crippen LogP contribution in [-0.2, 0) is 13.1 Å². The Balaban J connectivity index is 2.29. The minimum absolute atomic E-state index is 0.0807. The second kappa shape index (κ2) is 5.19. The SMILES string of the molecule is CCn1ccn(Cc2ccsc2C(=O)NN)c1=O. The van der Waals surface area contributed by atoms with Crippen molar-refractivity contribution in [2.75, 3.05) is 0 Å². The molecule has 0 saturated heterocycles. The lowest BCUT2D eigenvalue weighted by Crippen LogP contribution is -2.30. The maximum absolute atomic E-state index is 11.9. The van der Waals surface area contributed by atoms with Crippen molar-refractivity contribution in [2.45, 2.75) is 20.0 Å². The zero-order valence-corrected chi connectivity index (χ0v) is 10.7. The monoisotopic (exact) mass is 266 g/mol. The number of nitrogens with zero attached hydrogens (tertiary/aromatic N) is 2. The summed E-state index contributed by atoms with van der Waals surface area (Å²) >= 11 is 1.31. The fraction of sp³-hybridized carbons (Fsp3) is 0.273. The maximum atomic E-state index is 11.9. The minimum Gasteiger partial charge on any atom is -0.300 e. The van der Waals surface area contributed by atoms with Crippen molar-refractivity contribution in [3.63, 3.8) is 0 Å². The van der Waals surface area contributed by atoms with E-state index in [0.29, 0.717) is 18.0 Å². The Morgan fingerprint density at radius 1 is 1.44 bits per heavy atom. The third kappa shape index (κ3) is 2.22. The van der Waals surface area contributed by atoms with Crippen molar-refractivity contribution in [1.29, 1.82) is 0 Å². The average Bonchev–Trinajstić information content (AvgIpc) is 2.97. The molecule has 18 heavy (non-hydrogen) atoms. The lowest BCUT2D eigenvalue weighted by atomic mass is 10.2. The van der Waals surface area contributed by atoms with E-state index >= 15 is 0 Å². The topological polar surface area (TPSA) is 82.1 Å². The van der Waals surface area contributed by atoms with Gasteiger partial charge in [-0.3, -0.25) is 19.4 Å². The third-order valence-electron chi connectivity index (χ3n) is 2.68. The van der Waals surface area contributed by atoms with Crippen LogP contribution in [0.4, 0.5) is 0 Å². The summed E-state index contributed by atoms with van der Waals surface area (Å²) in [6.45, 7) is 2.91. The number of hydrogen-bond acceptors (Lipinski definition) is 4. The van der Waals surface area contributed by atoms with Gasteiger partial charge in [0.15, 0.2) is 0 Å². The van der Waals surface area contributed by atoms with Crippen LogP contribution in [0, 0.1) is 0 Å². The molecule has 0 atom stereocenters. The van der Waals surface area contributed by atoms with Gasteiger partial charge in [0, 0.05) is 18.9 Å². The molecule has 0 radical (unpaired) electrons. The van der Waals surface area contributed by atoms with Crippen molar-refractivity contribution in [3.8, 4) is 0 Å². The van der Waals surface area contributed by atoms with Crippen molar-refractivity contribution in [3.05, 3.63) is 44.8 Å². The first-order valence-electron chi connectivity index (χ1n) is 5.50. The van der Waals surface area contributed by atoms with Gasteiger partial charge in [0.05, 0.1) is 11.4 Å². The van der Waals surface area contributed by atoms with Crippen molar-refractivity contribution < 1.29 is 4.79 Å². The van der Waals surface area contributed by atoms with Gasteiger partial charge in [-0.25, -0.2) is 10.6 Å². The lowest BCUT2D eigenvalue weighted by molar-refractivity contribution is 0.0957. The van der Waals surface area contributed by atoms with Gasteiger partial charge in [-0.05, 0) is 23.9 Å². The highest BCUT2D eigenvalue weighted by atomic mass is 32.1. The molecule has 96 valence electrons. The van der Waals surface area contributed by atoms with Crippen molar-refractivity contribution >= 4 is 17.2 Å². The smallest absolute Gasteiger partial charge is 0.300 e. The number of nitrogens with two attached hydrogens (primary N) is 1. The molecule has 0 fully saturated rings. The Morgan fingerprint density at radius 2 is 2.17 bits per heavy atom. The second-order valence-electron chi connectivity index (χ2n) is 3.74. The van der Waals surface area contributed by atoms with Crippen molar-refractivity contribution in [2.24, 2.45) is 5.84 Å². The molecule has 0 unspecified atom stereocenters. The summed E-state index contributed by atoms with van der Waals surface area (Å²) < 4.78 is 3.17. The number of carbonyl (C=O) groups excluding carboxylic acids is 1. The van der Waals surface area contributed by atoms with Gasteiger partial charge in [0.25, 0.3) is 5.91 Å².